The van der Waals surface area contributed by atoms with Crippen molar-refractivity contribution in [3.63, 3.8) is 0 Å². The number of aryl methyl sites for hydroxylation is 2. The summed E-state index contributed by atoms with van der Waals surface area (Å²) in [6.07, 6.45) is 0. The summed E-state index contributed by atoms with van der Waals surface area (Å²) < 4.78 is 27.3. The molecule has 4 nitrogen and oxygen atoms in total. The lowest BCUT2D eigenvalue weighted by Gasteiger charge is -2.14. The van der Waals surface area contributed by atoms with Crippen molar-refractivity contribution >= 4 is 21.4 Å². The molecule has 0 radical (unpaired) electrons. The van der Waals surface area contributed by atoms with Crippen LogP contribution in [0.25, 0.3) is 0 Å². The highest BCUT2D eigenvalue weighted by Crippen LogP contribution is 2.25. The monoisotopic (exact) mass is 276 g/mol. The van der Waals surface area contributed by atoms with E-state index in [9.17, 15) is 8.42 Å². The van der Waals surface area contributed by atoms with Crippen LogP contribution in [0.15, 0.2) is 47.4 Å². The van der Waals surface area contributed by atoms with Gasteiger partial charge in [0.25, 0.3) is 10.0 Å². The molecule has 0 bridgehead atoms. The summed E-state index contributed by atoms with van der Waals surface area (Å²) in [6.45, 7) is 3.72. The molecule has 0 unspecified atom stereocenters. The molecule has 2 aromatic carbocycles. The number of benzene rings is 2. The lowest BCUT2D eigenvalue weighted by Crippen LogP contribution is -2.16. The van der Waals surface area contributed by atoms with Gasteiger partial charge in [0.15, 0.2) is 0 Å². The SMILES string of the molecule is Cc1cccc(C)c1NS(=O)(=O)c1ccccc1N. The maximum absolute atomic E-state index is 12.3. The fourth-order valence-corrected chi connectivity index (χ4v) is 3.23. The van der Waals surface area contributed by atoms with Gasteiger partial charge in [0, 0.05) is 0 Å². The van der Waals surface area contributed by atoms with Gasteiger partial charge in [0.2, 0.25) is 0 Å². The molecule has 0 aromatic heterocycles. The Kier molecular flexibility index (Phi) is 3.48. The van der Waals surface area contributed by atoms with E-state index in [0.717, 1.165) is 11.1 Å². The van der Waals surface area contributed by atoms with Gasteiger partial charge in [0.1, 0.15) is 4.90 Å². The lowest BCUT2D eigenvalue weighted by atomic mass is 10.1. The fourth-order valence-electron chi connectivity index (χ4n) is 1.89. The smallest absolute Gasteiger partial charge is 0.263 e. The van der Waals surface area contributed by atoms with Gasteiger partial charge in [0.05, 0.1) is 11.4 Å². The summed E-state index contributed by atoms with van der Waals surface area (Å²) in [5.41, 5.74) is 8.30. The highest BCUT2D eigenvalue weighted by Gasteiger charge is 2.18. The molecule has 19 heavy (non-hydrogen) atoms. The summed E-state index contributed by atoms with van der Waals surface area (Å²) >= 11 is 0. The summed E-state index contributed by atoms with van der Waals surface area (Å²) in [6, 6.07) is 12.0. The number of para-hydroxylation sites is 2. The molecule has 2 rings (SSSR count). The van der Waals surface area contributed by atoms with E-state index in [1.165, 1.54) is 6.07 Å². The Bertz CT molecular complexity index is 689. The van der Waals surface area contributed by atoms with E-state index in [-0.39, 0.29) is 10.6 Å². The average Bonchev–Trinajstić information content (AvgIpc) is 2.34. The Labute approximate surface area is 113 Å². The summed E-state index contributed by atoms with van der Waals surface area (Å²) in [5, 5.41) is 0. The highest BCUT2D eigenvalue weighted by molar-refractivity contribution is 7.92. The van der Waals surface area contributed by atoms with E-state index in [1.54, 1.807) is 18.2 Å². The number of hydrogen-bond acceptors (Lipinski definition) is 3. The zero-order valence-electron chi connectivity index (χ0n) is 10.8. The number of nitrogen functional groups attached to an aromatic ring is 1. The van der Waals surface area contributed by atoms with Gasteiger partial charge in [-0.3, -0.25) is 4.72 Å². The third-order valence-electron chi connectivity index (χ3n) is 2.93. The number of hydrogen-bond donors (Lipinski definition) is 2. The highest BCUT2D eigenvalue weighted by atomic mass is 32.2. The van der Waals surface area contributed by atoms with E-state index >= 15 is 0 Å². The van der Waals surface area contributed by atoms with E-state index in [0.29, 0.717) is 5.69 Å². The standard InChI is InChI=1S/C14H16N2O2S/c1-10-6-5-7-11(2)14(10)16-19(17,18)13-9-4-3-8-12(13)15/h3-9,16H,15H2,1-2H3. The van der Waals surface area contributed by atoms with E-state index in [1.807, 2.05) is 32.0 Å². The Morgan fingerprint density at radius 3 is 2.11 bits per heavy atom. The van der Waals surface area contributed by atoms with Crippen molar-refractivity contribution in [2.45, 2.75) is 18.7 Å². The van der Waals surface area contributed by atoms with Crippen LogP contribution in [0, 0.1) is 13.8 Å². The predicted octanol–water partition coefficient (Wildman–Crippen LogP) is 2.69. The first-order chi connectivity index (χ1) is 8.92. The Balaban J connectivity index is 2.46. The van der Waals surface area contributed by atoms with Crippen molar-refractivity contribution < 1.29 is 8.42 Å². The van der Waals surface area contributed by atoms with Crippen LogP contribution < -0.4 is 10.5 Å². The fraction of sp³-hybridized carbons (Fsp3) is 0.143. The molecular weight excluding hydrogens is 260 g/mol. The van der Waals surface area contributed by atoms with Gasteiger partial charge in [-0.1, -0.05) is 30.3 Å². The van der Waals surface area contributed by atoms with Crippen molar-refractivity contribution in [2.24, 2.45) is 0 Å². The van der Waals surface area contributed by atoms with E-state index < -0.39 is 10.0 Å². The van der Waals surface area contributed by atoms with Crippen LogP contribution >= 0.6 is 0 Å². The van der Waals surface area contributed by atoms with Gasteiger partial charge in [-0.25, -0.2) is 8.42 Å². The van der Waals surface area contributed by atoms with Crippen LogP contribution in [0.2, 0.25) is 0 Å². The third-order valence-corrected chi connectivity index (χ3v) is 4.35. The molecule has 5 heteroatoms. The maximum atomic E-state index is 12.3. The molecule has 100 valence electrons. The van der Waals surface area contributed by atoms with E-state index in [2.05, 4.69) is 4.72 Å². The number of nitrogens with one attached hydrogen (secondary N) is 1. The van der Waals surface area contributed by atoms with E-state index in [4.69, 9.17) is 5.73 Å². The molecule has 0 aliphatic rings. The number of sulfonamides is 1. The number of rotatable bonds is 3. The minimum absolute atomic E-state index is 0.0950. The van der Waals surface area contributed by atoms with Crippen LogP contribution in [0.5, 0.6) is 0 Å². The summed E-state index contributed by atoms with van der Waals surface area (Å²) in [4.78, 5) is 0.0950. The molecule has 2 aromatic rings. The molecule has 0 aliphatic heterocycles. The topological polar surface area (TPSA) is 72.2 Å². The molecule has 3 N–H and O–H groups in total. The maximum Gasteiger partial charge on any atom is 0.263 e. The first-order valence-corrected chi connectivity index (χ1v) is 7.33. The second-order valence-corrected chi connectivity index (χ2v) is 6.06. The Morgan fingerprint density at radius 1 is 0.947 bits per heavy atom. The molecular formula is C14H16N2O2S. The van der Waals surface area contributed by atoms with Crippen molar-refractivity contribution in [3.8, 4) is 0 Å². The molecule has 0 fully saturated rings. The van der Waals surface area contributed by atoms with Crippen molar-refractivity contribution in [1.29, 1.82) is 0 Å². The predicted molar refractivity (Wildman–Crippen MR) is 77.6 cm³/mol. The molecule has 0 atom stereocenters. The molecule has 0 saturated carbocycles. The number of anilines is 2. The first-order valence-electron chi connectivity index (χ1n) is 5.85. The second-order valence-electron chi connectivity index (χ2n) is 4.41. The van der Waals surface area contributed by atoms with Gasteiger partial charge < -0.3 is 5.73 Å². The minimum atomic E-state index is -3.66. The van der Waals surface area contributed by atoms with Crippen molar-refractivity contribution in [3.05, 3.63) is 53.6 Å². The van der Waals surface area contributed by atoms with Crippen molar-refractivity contribution in [2.75, 3.05) is 10.5 Å². The van der Waals surface area contributed by atoms with Gasteiger partial charge >= 0.3 is 0 Å². The van der Waals surface area contributed by atoms with Gasteiger partial charge in [-0.05, 0) is 37.1 Å². The largest absolute Gasteiger partial charge is 0.398 e. The molecule has 0 spiro atoms. The molecule has 0 saturated heterocycles. The van der Waals surface area contributed by atoms with Crippen LogP contribution in [0.3, 0.4) is 0 Å². The number of nitrogens with two attached hydrogens (primary N) is 1. The average molecular weight is 276 g/mol. The van der Waals surface area contributed by atoms with Crippen LogP contribution in [-0.4, -0.2) is 8.42 Å². The van der Waals surface area contributed by atoms with Gasteiger partial charge in [-0.15, -0.1) is 0 Å². The van der Waals surface area contributed by atoms with Crippen LogP contribution in [0.4, 0.5) is 11.4 Å². The molecule has 0 heterocycles. The zero-order valence-corrected chi connectivity index (χ0v) is 11.7. The summed E-state index contributed by atoms with van der Waals surface area (Å²) in [5.74, 6) is 0. The Morgan fingerprint density at radius 2 is 1.53 bits per heavy atom. The zero-order chi connectivity index (χ0) is 14.0. The minimum Gasteiger partial charge on any atom is -0.398 e. The van der Waals surface area contributed by atoms with Crippen molar-refractivity contribution in [1.82, 2.24) is 0 Å². The molecule has 0 aliphatic carbocycles. The third kappa shape index (κ3) is 2.71. The normalized spacial score (nSPS) is 11.3. The quantitative estimate of drug-likeness (QED) is 0.847. The van der Waals surface area contributed by atoms with Crippen LogP contribution in [0.1, 0.15) is 11.1 Å². The first kappa shape index (κ1) is 13.4. The lowest BCUT2D eigenvalue weighted by molar-refractivity contribution is 0.601. The second kappa shape index (κ2) is 4.93. The van der Waals surface area contributed by atoms with Gasteiger partial charge in [-0.2, -0.15) is 0 Å². The molecule has 0 amide bonds. The summed E-state index contributed by atoms with van der Waals surface area (Å²) in [7, 11) is -3.66. The van der Waals surface area contributed by atoms with Crippen LogP contribution in [-0.2, 0) is 10.0 Å². The Hall–Kier alpha value is -2.01.